The Labute approximate surface area is 276 Å². The number of hydrogen-bond donors (Lipinski definition) is 0. The first kappa shape index (κ1) is 43.9. The van der Waals surface area contributed by atoms with Crippen LogP contribution in [0.4, 0.5) is 74.6 Å². The van der Waals surface area contributed by atoms with Crippen LogP contribution in [0.3, 0.4) is 0 Å². The number of methoxy groups -OCH3 is 2. The third-order valence-electron chi connectivity index (χ3n) is 8.97. The lowest BCUT2D eigenvalue weighted by Gasteiger charge is -2.44. The summed E-state index contributed by atoms with van der Waals surface area (Å²) in [6.45, 7) is 1.95. The van der Waals surface area contributed by atoms with Gasteiger partial charge in [0.1, 0.15) is 0 Å². The summed E-state index contributed by atoms with van der Waals surface area (Å²) in [6, 6.07) is 6.53. The maximum atomic E-state index is 15.0. The van der Waals surface area contributed by atoms with Crippen molar-refractivity contribution >= 4 is 6.08 Å². The van der Waals surface area contributed by atoms with Crippen LogP contribution in [0.2, 0.25) is 0 Å². The van der Waals surface area contributed by atoms with Gasteiger partial charge in [-0.1, -0.05) is 81.9 Å². The second-order valence-corrected chi connectivity index (χ2v) is 12.0. The predicted molar refractivity (Wildman–Crippen MR) is 146 cm³/mol. The largest absolute Gasteiger partial charge is 0.460 e. The Bertz CT molecular complexity index is 1290. The molecule has 1 aromatic rings. The first-order valence-corrected chi connectivity index (χ1v) is 15.2. The van der Waals surface area contributed by atoms with E-state index in [1.807, 2.05) is 6.92 Å². The standard InChI is InChI=1S/C31H35F17O2/c1-4-5-6-7-8-9-14-22(21-16-15-19-12-10-11-13-20(19)21)23(49-2,50-3)17-18-24(32,33)25(34,35)26(36,37)27(38,39)28(40,41)29(42,43)30(44,45)31(46,47)48/h10-13,15-16,21-22H,4-9,14,17-18H2,1-3H3. The molecule has 0 saturated carbocycles. The van der Waals surface area contributed by atoms with E-state index in [1.54, 1.807) is 36.4 Å². The predicted octanol–water partition coefficient (Wildman–Crippen LogP) is 11.9. The van der Waals surface area contributed by atoms with E-state index >= 15 is 0 Å². The number of halogens is 17. The summed E-state index contributed by atoms with van der Waals surface area (Å²) in [7, 11) is 1.70. The zero-order chi connectivity index (χ0) is 38.8. The van der Waals surface area contributed by atoms with E-state index in [0.717, 1.165) is 39.9 Å². The molecule has 0 N–H and O–H groups in total. The molecule has 0 saturated heterocycles. The van der Waals surface area contributed by atoms with Gasteiger partial charge in [-0.3, -0.25) is 0 Å². The van der Waals surface area contributed by atoms with E-state index in [9.17, 15) is 74.6 Å². The third kappa shape index (κ3) is 7.31. The van der Waals surface area contributed by atoms with Gasteiger partial charge in [-0.15, -0.1) is 0 Å². The van der Waals surface area contributed by atoms with Gasteiger partial charge in [0.05, 0.1) is 0 Å². The highest BCUT2D eigenvalue weighted by atomic mass is 19.4. The van der Waals surface area contributed by atoms with E-state index < -0.39 is 78.1 Å². The summed E-state index contributed by atoms with van der Waals surface area (Å²) >= 11 is 0. The van der Waals surface area contributed by atoms with Crippen LogP contribution in [0.25, 0.3) is 6.08 Å². The van der Waals surface area contributed by atoms with E-state index in [1.165, 1.54) is 0 Å². The molecule has 0 bridgehead atoms. The summed E-state index contributed by atoms with van der Waals surface area (Å²) in [4.78, 5) is 0. The van der Waals surface area contributed by atoms with Crippen molar-refractivity contribution in [3.63, 3.8) is 0 Å². The van der Waals surface area contributed by atoms with Crippen molar-refractivity contribution in [1.29, 1.82) is 0 Å². The smallest absolute Gasteiger partial charge is 0.353 e. The fraction of sp³-hybridized carbons (Fsp3) is 0.742. The van der Waals surface area contributed by atoms with Gasteiger partial charge in [-0.05, 0) is 17.5 Å². The molecule has 0 amide bonds. The van der Waals surface area contributed by atoms with Crippen molar-refractivity contribution < 1.29 is 84.1 Å². The van der Waals surface area contributed by atoms with E-state index in [4.69, 9.17) is 9.47 Å². The van der Waals surface area contributed by atoms with Crippen LogP contribution in [0.5, 0.6) is 0 Å². The SMILES string of the molecule is CCCCCCCCC(C1C=Cc2ccccc21)C(CCC(F)(F)C(F)(F)C(F)(F)C(F)(F)C(F)(F)C(F)(F)C(F)(F)C(F)(F)F)(OC)OC. The number of hydrogen-bond acceptors (Lipinski definition) is 2. The summed E-state index contributed by atoms with van der Waals surface area (Å²) in [6.07, 6.45) is -4.47. The lowest BCUT2D eigenvalue weighted by Crippen LogP contribution is -2.74. The number of unbranched alkanes of at least 4 members (excludes halogenated alkanes) is 5. The molecule has 0 spiro atoms. The number of alkyl halides is 17. The minimum absolute atomic E-state index is 0.0576. The summed E-state index contributed by atoms with van der Waals surface area (Å²) in [5.74, 6) is -60.9. The van der Waals surface area contributed by atoms with Crippen molar-refractivity contribution in [3.8, 4) is 0 Å². The number of fused-ring (bicyclic) bond motifs is 1. The van der Waals surface area contributed by atoms with Gasteiger partial charge in [-0.2, -0.15) is 74.6 Å². The molecule has 0 heterocycles. The third-order valence-corrected chi connectivity index (χ3v) is 8.97. The molecule has 0 aromatic heterocycles. The van der Waals surface area contributed by atoms with Gasteiger partial charge in [-0.25, -0.2) is 0 Å². The molecule has 2 unspecified atom stereocenters. The zero-order valence-electron chi connectivity index (χ0n) is 26.7. The van der Waals surface area contributed by atoms with E-state index in [-0.39, 0.29) is 6.42 Å². The van der Waals surface area contributed by atoms with Crippen LogP contribution < -0.4 is 0 Å². The Morgan fingerprint density at radius 2 is 1.04 bits per heavy atom. The molecule has 2 atom stereocenters. The molecule has 0 radical (unpaired) electrons. The second kappa shape index (κ2) is 15.0. The van der Waals surface area contributed by atoms with Crippen LogP contribution in [-0.4, -0.2) is 67.6 Å². The van der Waals surface area contributed by atoms with Crippen molar-refractivity contribution in [2.45, 2.75) is 124 Å². The summed E-state index contributed by atoms with van der Waals surface area (Å²) in [5, 5.41) is 0. The molecular weight excluding hydrogens is 727 g/mol. The average Bonchev–Trinajstić information content (AvgIpc) is 3.44. The highest BCUT2D eigenvalue weighted by Crippen LogP contribution is 2.64. The van der Waals surface area contributed by atoms with Crippen LogP contribution in [0.1, 0.15) is 81.8 Å². The molecule has 290 valence electrons. The summed E-state index contributed by atoms with van der Waals surface area (Å²) in [5.41, 5.74) is 1.21. The molecule has 1 aliphatic rings. The Hall–Kier alpha value is -2.31. The van der Waals surface area contributed by atoms with Gasteiger partial charge in [0.15, 0.2) is 5.79 Å². The van der Waals surface area contributed by atoms with E-state index in [0.29, 0.717) is 24.0 Å². The maximum Gasteiger partial charge on any atom is 0.460 e. The Morgan fingerprint density at radius 1 is 0.580 bits per heavy atom. The monoisotopic (exact) mass is 762 g/mol. The molecule has 1 aromatic carbocycles. The van der Waals surface area contributed by atoms with Gasteiger partial charge in [0, 0.05) is 38.9 Å². The maximum absolute atomic E-state index is 15.0. The Kier molecular flexibility index (Phi) is 13.1. The normalized spacial score (nSPS) is 17.7. The quantitative estimate of drug-likeness (QED) is 0.0748. The number of benzene rings is 1. The molecule has 0 aliphatic heterocycles. The van der Waals surface area contributed by atoms with Gasteiger partial charge < -0.3 is 9.47 Å². The first-order chi connectivity index (χ1) is 22.6. The van der Waals surface area contributed by atoms with Crippen LogP contribution in [0, 0.1) is 5.92 Å². The molecule has 1 aliphatic carbocycles. The minimum Gasteiger partial charge on any atom is -0.353 e. The second-order valence-electron chi connectivity index (χ2n) is 12.0. The molecule has 19 heteroatoms. The molecule has 2 nitrogen and oxygen atoms in total. The van der Waals surface area contributed by atoms with Crippen molar-refractivity contribution in [2.75, 3.05) is 14.2 Å². The number of allylic oxidation sites excluding steroid dienone is 1. The van der Waals surface area contributed by atoms with Crippen molar-refractivity contribution in [3.05, 3.63) is 41.5 Å². The fourth-order valence-corrected chi connectivity index (χ4v) is 5.91. The van der Waals surface area contributed by atoms with Gasteiger partial charge in [0.2, 0.25) is 0 Å². The van der Waals surface area contributed by atoms with Crippen LogP contribution >= 0.6 is 0 Å². The number of ether oxygens (including phenoxy) is 2. The van der Waals surface area contributed by atoms with E-state index in [2.05, 4.69) is 0 Å². The summed E-state index contributed by atoms with van der Waals surface area (Å²) < 4.78 is 246. The van der Waals surface area contributed by atoms with Gasteiger partial charge >= 0.3 is 47.6 Å². The molecule has 0 fully saturated rings. The highest BCUT2D eigenvalue weighted by Gasteiger charge is 2.95. The minimum atomic E-state index is -8.67. The van der Waals surface area contributed by atoms with Crippen molar-refractivity contribution in [1.82, 2.24) is 0 Å². The fourth-order valence-electron chi connectivity index (χ4n) is 5.91. The lowest BCUT2D eigenvalue weighted by molar-refractivity contribution is -0.462. The van der Waals surface area contributed by atoms with Crippen molar-refractivity contribution in [2.24, 2.45) is 5.92 Å². The molecule has 50 heavy (non-hydrogen) atoms. The molecular formula is C31H35F17O2. The number of rotatable bonds is 20. The average molecular weight is 763 g/mol. The Morgan fingerprint density at radius 3 is 1.54 bits per heavy atom. The van der Waals surface area contributed by atoms with Crippen LogP contribution in [-0.2, 0) is 9.47 Å². The first-order valence-electron chi connectivity index (χ1n) is 15.2. The Balaban J connectivity index is 2.52. The molecule has 2 rings (SSSR count). The zero-order valence-corrected chi connectivity index (χ0v) is 26.7. The lowest BCUT2D eigenvalue weighted by atomic mass is 9.76. The van der Waals surface area contributed by atoms with Gasteiger partial charge in [0.25, 0.3) is 0 Å². The van der Waals surface area contributed by atoms with Crippen LogP contribution in [0.15, 0.2) is 30.3 Å². The topological polar surface area (TPSA) is 18.5 Å². The highest BCUT2D eigenvalue weighted by molar-refractivity contribution is 5.62.